The third kappa shape index (κ3) is 7.25. The molecule has 0 aromatic heterocycles. The largest absolute Gasteiger partial charge is 0.508 e. The number of phenolic OH excluding ortho intramolecular Hbond substituents is 1. The zero-order chi connectivity index (χ0) is 24.6. The second-order valence-corrected chi connectivity index (χ2v) is 8.93. The van der Waals surface area contributed by atoms with Crippen LogP contribution in [0.1, 0.15) is 37.5 Å². The molecule has 0 radical (unpaired) electrons. The minimum absolute atomic E-state index is 0.00719. The van der Waals surface area contributed by atoms with Crippen molar-refractivity contribution in [3.8, 4) is 5.75 Å². The molecule has 0 fully saturated rings. The maximum atomic E-state index is 9.30. The normalized spacial score (nSPS) is 12.3. The number of hydrogen-bond donors (Lipinski definition) is 4. The lowest BCUT2D eigenvalue weighted by atomic mass is 9.86. The molecule has 0 unspecified atom stereocenters. The molecule has 34 heavy (non-hydrogen) atoms. The van der Waals surface area contributed by atoms with Gasteiger partial charge in [-0.15, -0.1) is 0 Å². The molecule has 3 aromatic carbocycles. The number of nitrogens with one attached hydrogen (secondary N) is 2. The summed E-state index contributed by atoms with van der Waals surface area (Å²) in [6.07, 6.45) is 3.06. The quantitative estimate of drug-likeness (QED) is 0.173. The predicted octanol–water partition coefficient (Wildman–Crippen LogP) is 5.08. The molecule has 5 N–H and O–H groups in total. The summed E-state index contributed by atoms with van der Waals surface area (Å²) in [6, 6.07) is 22.0. The number of nitrogens with zero attached hydrogens (tertiary/aromatic N) is 3. The number of benzene rings is 3. The molecule has 0 aliphatic rings. The Kier molecular flexibility index (Phi) is 8.10. The van der Waals surface area contributed by atoms with E-state index < -0.39 is 0 Å². The molecule has 3 aromatic rings. The van der Waals surface area contributed by atoms with Gasteiger partial charge in [-0.3, -0.25) is 5.43 Å². The number of rotatable bonds is 6. The summed E-state index contributed by atoms with van der Waals surface area (Å²) >= 11 is 5.38. The van der Waals surface area contributed by atoms with Crippen molar-refractivity contribution in [3.63, 3.8) is 0 Å². The SMILES string of the molecule is CC(C)(C)c1ccccc1NC(=S)N/N=C/c1ccc(C(N)=NC=Nc2ccc(O)cc2)cc1. The van der Waals surface area contributed by atoms with Gasteiger partial charge < -0.3 is 16.2 Å². The average molecular weight is 473 g/mol. The Labute approximate surface area is 205 Å². The second-order valence-electron chi connectivity index (χ2n) is 8.52. The fourth-order valence-corrected chi connectivity index (χ4v) is 3.24. The smallest absolute Gasteiger partial charge is 0.191 e. The van der Waals surface area contributed by atoms with Gasteiger partial charge in [-0.2, -0.15) is 5.10 Å². The molecule has 0 heterocycles. The molecular weight excluding hydrogens is 444 g/mol. The Morgan fingerprint density at radius 1 is 0.971 bits per heavy atom. The van der Waals surface area contributed by atoms with Gasteiger partial charge >= 0.3 is 0 Å². The summed E-state index contributed by atoms with van der Waals surface area (Å²) < 4.78 is 0. The Hall–Kier alpha value is -4.04. The fourth-order valence-electron chi connectivity index (χ4n) is 3.07. The monoisotopic (exact) mass is 472 g/mol. The molecule has 0 aliphatic heterocycles. The average Bonchev–Trinajstić information content (AvgIpc) is 2.80. The van der Waals surface area contributed by atoms with Gasteiger partial charge in [0, 0.05) is 11.3 Å². The van der Waals surface area contributed by atoms with E-state index in [4.69, 9.17) is 18.0 Å². The van der Waals surface area contributed by atoms with Crippen LogP contribution in [0.3, 0.4) is 0 Å². The molecule has 0 bridgehead atoms. The van der Waals surface area contributed by atoms with Crippen LogP contribution in [0.4, 0.5) is 11.4 Å². The second kappa shape index (κ2) is 11.2. The van der Waals surface area contributed by atoms with Crippen LogP contribution in [0.15, 0.2) is 87.9 Å². The molecule has 7 nitrogen and oxygen atoms in total. The standard InChI is InChI=1S/C26H28N6OS/c1-26(2,3)22-6-4-5-7-23(22)31-25(34)32-30-16-18-8-10-19(11-9-18)24(27)29-17-28-20-12-14-21(33)15-13-20/h4-17,33H,1-3H3,(H2,27,28,29)(H2,31,32,34)/b30-16+. The van der Waals surface area contributed by atoms with Crippen molar-refractivity contribution in [2.45, 2.75) is 26.2 Å². The minimum Gasteiger partial charge on any atom is -0.508 e. The summed E-state index contributed by atoms with van der Waals surface area (Å²) in [5.74, 6) is 0.525. The van der Waals surface area contributed by atoms with E-state index >= 15 is 0 Å². The number of hydrazone groups is 1. The van der Waals surface area contributed by atoms with Gasteiger partial charge in [-0.1, -0.05) is 63.2 Å². The topological polar surface area (TPSA) is 107 Å². The van der Waals surface area contributed by atoms with E-state index in [1.165, 1.54) is 11.9 Å². The highest BCUT2D eigenvalue weighted by molar-refractivity contribution is 7.80. The van der Waals surface area contributed by atoms with Crippen molar-refractivity contribution in [1.29, 1.82) is 0 Å². The molecular formula is C26H28N6OS. The highest BCUT2D eigenvalue weighted by Gasteiger charge is 2.17. The van der Waals surface area contributed by atoms with Crippen molar-refractivity contribution in [1.82, 2.24) is 5.43 Å². The van der Waals surface area contributed by atoms with Crippen LogP contribution < -0.4 is 16.5 Å². The molecule has 174 valence electrons. The molecule has 0 atom stereocenters. The summed E-state index contributed by atoms with van der Waals surface area (Å²) in [7, 11) is 0. The molecule has 0 saturated heterocycles. The highest BCUT2D eigenvalue weighted by atomic mass is 32.1. The first-order valence-electron chi connectivity index (χ1n) is 10.7. The fraction of sp³-hybridized carbons (Fsp3) is 0.154. The number of aromatic hydroxyl groups is 1. The Morgan fingerprint density at radius 3 is 2.32 bits per heavy atom. The van der Waals surface area contributed by atoms with Gasteiger partial charge in [-0.25, -0.2) is 9.98 Å². The maximum Gasteiger partial charge on any atom is 0.191 e. The highest BCUT2D eigenvalue weighted by Crippen LogP contribution is 2.29. The van der Waals surface area contributed by atoms with Gasteiger partial charge in [0.05, 0.1) is 11.9 Å². The van der Waals surface area contributed by atoms with Crippen LogP contribution in [0, 0.1) is 0 Å². The zero-order valence-electron chi connectivity index (χ0n) is 19.4. The number of hydrogen-bond acceptors (Lipinski definition) is 4. The van der Waals surface area contributed by atoms with Gasteiger partial charge in [0.15, 0.2) is 5.11 Å². The van der Waals surface area contributed by atoms with E-state index in [0.29, 0.717) is 16.6 Å². The number of amidine groups is 1. The van der Waals surface area contributed by atoms with E-state index in [0.717, 1.165) is 16.8 Å². The van der Waals surface area contributed by atoms with E-state index in [2.05, 4.69) is 52.7 Å². The number of anilines is 1. The molecule has 8 heteroatoms. The van der Waals surface area contributed by atoms with Crippen LogP contribution >= 0.6 is 12.2 Å². The van der Waals surface area contributed by atoms with Crippen molar-refractivity contribution >= 4 is 47.1 Å². The van der Waals surface area contributed by atoms with Gasteiger partial charge in [-0.05, 0) is 59.1 Å². The summed E-state index contributed by atoms with van der Waals surface area (Å²) in [6.45, 7) is 6.48. The van der Waals surface area contributed by atoms with Crippen LogP contribution in [-0.2, 0) is 5.41 Å². The van der Waals surface area contributed by atoms with Crippen LogP contribution in [0.5, 0.6) is 5.75 Å². The number of thiocarbonyl (C=S) groups is 1. The summed E-state index contributed by atoms with van der Waals surface area (Å²) in [5, 5.41) is 17.1. The van der Waals surface area contributed by atoms with E-state index in [1.54, 1.807) is 30.5 Å². The lowest BCUT2D eigenvalue weighted by Gasteiger charge is -2.23. The molecule has 0 saturated carbocycles. The van der Waals surface area contributed by atoms with E-state index in [9.17, 15) is 5.11 Å². The Bertz CT molecular complexity index is 1210. The molecule has 0 aliphatic carbocycles. The third-order valence-electron chi connectivity index (χ3n) is 4.82. The van der Waals surface area contributed by atoms with Crippen LogP contribution in [0.25, 0.3) is 0 Å². The van der Waals surface area contributed by atoms with Crippen molar-refractivity contribution in [3.05, 3.63) is 89.5 Å². The summed E-state index contributed by atoms with van der Waals surface area (Å²) in [4.78, 5) is 8.34. The van der Waals surface area contributed by atoms with Crippen molar-refractivity contribution < 1.29 is 5.11 Å². The first-order valence-corrected chi connectivity index (χ1v) is 11.1. The Balaban J connectivity index is 1.55. The summed E-state index contributed by atoms with van der Waals surface area (Å²) in [5.41, 5.74) is 13.3. The lowest BCUT2D eigenvalue weighted by molar-refractivity contribution is 0.475. The Morgan fingerprint density at radius 2 is 1.65 bits per heavy atom. The molecule has 0 amide bonds. The number of para-hydroxylation sites is 1. The van der Waals surface area contributed by atoms with Gasteiger partial charge in [0.25, 0.3) is 0 Å². The van der Waals surface area contributed by atoms with Gasteiger partial charge in [0.2, 0.25) is 0 Å². The van der Waals surface area contributed by atoms with Crippen molar-refractivity contribution in [2.24, 2.45) is 20.8 Å². The number of nitrogens with two attached hydrogens (primary N) is 1. The van der Waals surface area contributed by atoms with Crippen molar-refractivity contribution in [2.75, 3.05) is 5.32 Å². The lowest BCUT2D eigenvalue weighted by Crippen LogP contribution is -2.26. The molecule has 0 spiro atoms. The minimum atomic E-state index is -0.00719. The first kappa shape index (κ1) is 24.6. The molecule has 3 rings (SSSR count). The van der Waals surface area contributed by atoms with Gasteiger partial charge in [0.1, 0.15) is 17.9 Å². The van der Waals surface area contributed by atoms with E-state index in [1.807, 2.05) is 42.5 Å². The van der Waals surface area contributed by atoms with E-state index in [-0.39, 0.29) is 11.2 Å². The number of aliphatic imine (C=N–C) groups is 2. The zero-order valence-corrected chi connectivity index (χ0v) is 20.2. The predicted molar refractivity (Wildman–Crippen MR) is 146 cm³/mol. The van der Waals surface area contributed by atoms with Crippen LogP contribution in [-0.4, -0.2) is 28.6 Å². The number of phenols is 1. The third-order valence-corrected chi connectivity index (χ3v) is 5.02. The first-order chi connectivity index (χ1) is 16.2. The maximum absolute atomic E-state index is 9.30. The van der Waals surface area contributed by atoms with Crippen LogP contribution in [0.2, 0.25) is 0 Å².